The van der Waals surface area contributed by atoms with Gasteiger partial charge in [-0.3, -0.25) is 4.79 Å². The van der Waals surface area contributed by atoms with E-state index in [-0.39, 0.29) is 22.8 Å². The van der Waals surface area contributed by atoms with Crippen LogP contribution >= 0.6 is 0 Å². The van der Waals surface area contributed by atoms with Crippen molar-refractivity contribution in [1.29, 1.82) is 0 Å². The van der Waals surface area contributed by atoms with E-state index in [2.05, 4.69) is 0 Å². The first-order valence-electron chi connectivity index (χ1n) is 6.35. The average molecular weight is 318 g/mol. The predicted molar refractivity (Wildman–Crippen MR) is 83.4 cm³/mol. The molecule has 0 saturated heterocycles. The molecule has 0 unspecified atom stereocenters. The quantitative estimate of drug-likeness (QED) is 0.521. The van der Waals surface area contributed by atoms with Gasteiger partial charge in [0.15, 0.2) is 11.5 Å². The third-order valence-electron chi connectivity index (χ3n) is 2.71. The van der Waals surface area contributed by atoms with Crippen molar-refractivity contribution < 1.29 is 22.5 Å². The number of para-hydroxylation sites is 1. The van der Waals surface area contributed by atoms with Crippen molar-refractivity contribution in [2.45, 2.75) is 0 Å². The van der Waals surface area contributed by atoms with Crippen LogP contribution in [0.5, 0.6) is 11.5 Å². The molecule has 0 radical (unpaired) electrons. The van der Waals surface area contributed by atoms with Crippen LogP contribution in [0, 0.1) is 0 Å². The highest BCUT2D eigenvalue weighted by Gasteiger charge is 2.13. The second kappa shape index (κ2) is 6.44. The van der Waals surface area contributed by atoms with E-state index in [0.717, 1.165) is 11.8 Å². The van der Waals surface area contributed by atoms with Gasteiger partial charge in [0, 0.05) is 0 Å². The summed E-state index contributed by atoms with van der Waals surface area (Å²) < 4.78 is 27.2. The molecule has 2 aromatic rings. The molecule has 22 heavy (non-hydrogen) atoms. The van der Waals surface area contributed by atoms with E-state index in [9.17, 15) is 18.3 Å². The Bertz CT molecular complexity index is 805. The van der Waals surface area contributed by atoms with Crippen LogP contribution in [0.2, 0.25) is 0 Å². The summed E-state index contributed by atoms with van der Waals surface area (Å²) in [5.74, 6) is -0.256. The molecular formula is C16H14O5S. The molecule has 2 rings (SSSR count). The Balaban J connectivity index is 2.24. The van der Waals surface area contributed by atoms with Crippen LogP contribution in [0.15, 0.2) is 54.6 Å². The van der Waals surface area contributed by atoms with Crippen LogP contribution in [-0.4, -0.2) is 25.6 Å². The third kappa shape index (κ3) is 4.46. The van der Waals surface area contributed by atoms with Crippen LogP contribution in [0.3, 0.4) is 0 Å². The number of aromatic hydroxyl groups is 1. The second-order valence-electron chi connectivity index (χ2n) is 4.57. The summed E-state index contributed by atoms with van der Waals surface area (Å²) in [5.41, 5.74) is 0.885. The standard InChI is InChI=1S/C16H14O5S/c1-22(19,20)21-16-5-3-2-4-14(16)15(18)11-8-12-6-9-13(17)10-7-12/h2-11,17H,1H3. The van der Waals surface area contributed by atoms with E-state index in [1.807, 2.05) is 0 Å². The van der Waals surface area contributed by atoms with E-state index in [1.54, 1.807) is 30.3 Å². The molecule has 0 aliphatic heterocycles. The number of carbonyl (C=O) groups is 1. The highest BCUT2D eigenvalue weighted by Crippen LogP contribution is 2.21. The van der Waals surface area contributed by atoms with E-state index < -0.39 is 10.1 Å². The van der Waals surface area contributed by atoms with Gasteiger partial charge in [0.1, 0.15) is 5.75 Å². The van der Waals surface area contributed by atoms with E-state index >= 15 is 0 Å². The predicted octanol–water partition coefficient (Wildman–Crippen LogP) is 2.63. The molecule has 0 heterocycles. The van der Waals surface area contributed by atoms with Crippen molar-refractivity contribution >= 4 is 22.0 Å². The molecule has 0 spiro atoms. The Kier molecular flexibility index (Phi) is 4.62. The maximum absolute atomic E-state index is 12.2. The van der Waals surface area contributed by atoms with Gasteiger partial charge >= 0.3 is 10.1 Å². The molecule has 0 aromatic heterocycles. The van der Waals surface area contributed by atoms with Gasteiger partial charge in [-0.2, -0.15) is 8.42 Å². The van der Waals surface area contributed by atoms with Crippen LogP contribution in [0.4, 0.5) is 0 Å². The van der Waals surface area contributed by atoms with Gasteiger partial charge in [0.05, 0.1) is 11.8 Å². The number of allylic oxidation sites excluding steroid dienone is 1. The Hall–Kier alpha value is -2.60. The lowest BCUT2D eigenvalue weighted by atomic mass is 10.1. The van der Waals surface area contributed by atoms with Crippen LogP contribution in [-0.2, 0) is 10.1 Å². The van der Waals surface area contributed by atoms with Crippen molar-refractivity contribution in [2.24, 2.45) is 0 Å². The number of ketones is 1. The number of phenolic OH excluding ortho intramolecular Hbond substituents is 1. The molecular weight excluding hydrogens is 304 g/mol. The Morgan fingerprint density at radius 1 is 1.09 bits per heavy atom. The molecule has 0 fully saturated rings. The van der Waals surface area contributed by atoms with Crippen LogP contribution in [0.25, 0.3) is 6.08 Å². The largest absolute Gasteiger partial charge is 0.508 e. The fourth-order valence-electron chi connectivity index (χ4n) is 1.75. The summed E-state index contributed by atoms with van der Waals surface area (Å²) in [6.45, 7) is 0. The van der Waals surface area contributed by atoms with Crippen molar-refractivity contribution in [1.82, 2.24) is 0 Å². The summed E-state index contributed by atoms with van der Waals surface area (Å²) >= 11 is 0. The summed E-state index contributed by atoms with van der Waals surface area (Å²) in [6, 6.07) is 12.4. The molecule has 0 aliphatic rings. The number of hydrogen-bond acceptors (Lipinski definition) is 5. The maximum atomic E-state index is 12.2. The van der Waals surface area contributed by atoms with Crippen LogP contribution < -0.4 is 4.18 Å². The molecule has 2 aromatic carbocycles. The maximum Gasteiger partial charge on any atom is 0.306 e. The summed E-state index contributed by atoms with van der Waals surface area (Å²) in [7, 11) is -3.71. The molecule has 0 aliphatic carbocycles. The number of hydrogen-bond donors (Lipinski definition) is 1. The number of phenols is 1. The second-order valence-corrected chi connectivity index (χ2v) is 6.15. The fraction of sp³-hybridized carbons (Fsp3) is 0.0625. The van der Waals surface area contributed by atoms with Gasteiger partial charge in [0.2, 0.25) is 0 Å². The lowest BCUT2D eigenvalue weighted by molar-refractivity contribution is 0.104. The Morgan fingerprint density at radius 3 is 2.36 bits per heavy atom. The van der Waals surface area contributed by atoms with Gasteiger partial charge in [-0.25, -0.2) is 0 Å². The number of rotatable bonds is 5. The van der Waals surface area contributed by atoms with Gasteiger partial charge in [0.25, 0.3) is 0 Å². The highest BCUT2D eigenvalue weighted by molar-refractivity contribution is 7.86. The smallest absolute Gasteiger partial charge is 0.306 e. The molecule has 114 valence electrons. The van der Waals surface area contributed by atoms with Gasteiger partial charge < -0.3 is 9.29 Å². The normalized spacial score (nSPS) is 11.5. The lowest BCUT2D eigenvalue weighted by Gasteiger charge is -2.06. The topological polar surface area (TPSA) is 80.7 Å². The minimum Gasteiger partial charge on any atom is -0.508 e. The summed E-state index contributed by atoms with van der Waals surface area (Å²) in [5, 5.41) is 9.19. The lowest BCUT2D eigenvalue weighted by Crippen LogP contribution is -2.09. The zero-order chi connectivity index (χ0) is 16.2. The summed E-state index contributed by atoms with van der Waals surface area (Å²) in [6.07, 6.45) is 3.80. The van der Waals surface area contributed by atoms with Crippen LogP contribution in [0.1, 0.15) is 15.9 Å². The molecule has 5 nitrogen and oxygen atoms in total. The monoisotopic (exact) mass is 318 g/mol. The molecule has 0 bridgehead atoms. The van der Waals surface area contributed by atoms with Crippen molar-refractivity contribution in [3.05, 3.63) is 65.7 Å². The van der Waals surface area contributed by atoms with Gasteiger partial charge in [-0.05, 0) is 35.9 Å². The van der Waals surface area contributed by atoms with Gasteiger partial charge in [-0.15, -0.1) is 0 Å². The highest BCUT2D eigenvalue weighted by atomic mass is 32.2. The zero-order valence-corrected chi connectivity index (χ0v) is 12.6. The van der Waals surface area contributed by atoms with E-state index in [1.165, 1.54) is 30.3 Å². The fourth-order valence-corrected chi connectivity index (χ4v) is 2.22. The molecule has 0 atom stereocenters. The molecule has 0 amide bonds. The molecule has 6 heteroatoms. The SMILES string of the molecule is CS(=O)(=O)Oc1ccccc1C(=O)C=Cc1ccc(O)cc1. The number of carbonyl (C=O) groups excluding carboxylic acids is 1. The first-order valence-corrected chi connectivity index (χ1v) is 8.17. The minimum absolute atomic E-state index is 0.00893. The van der Waals surface area contributed by atoms with E-state index in [0.29, 0.717) is 0 Å². The van der Waals surface area contributed by atoms with Gasteiger partial charge in [-0.1, -0.05) is 30.3 Å². The minimum atomic E-state index is -3.71. The van der Waals surface area contributed by atoms with Crippen molar-refractivity contribution in [3.63, 3.8) is 0 Å². The number of benzene rings is 2. The third-order valence-corrected chi connectivity index (χ3v) is 3.20. The van der Waals surface area contributed by atoms with Crippen molar-refractivity contribution in [3.8, 4) is 11.5 Å². The van der Waals surface area contributed by atoms with Crippen molar-refractivity contribution in [2.75, 3.05) is 6.26 Å². The average Bonchev–Trinajstić information content (AvgIpc) is 2.45. The Labute approximate surface area is 128 Å². The zero-order valence-electron chi connectivity index (χ0n) is 11.8. The first kappa shape index (κ1) is 15.8. The molecule has 0 saturated carbocycles. The Morgan fingerprint density at radius 2 is 1.73 bits per heavy atom. The van der Waals surface area contributed by atoms with E-state index in [4.69, 9.17) is 4.18 Å². The summed E-state index contributed by atoms with van der Waals surface area (Å²) in [4.78, 5) is 12.2. The first-order chi connectivity index (χ1) is 10.3. The molecule has 1 N–H and O–H groups in total.